The van der Waals surface area contributed by atoms with Gasteiger partial charge >= 0.3 is 0 Å². The van der Waals surface area contributed by atoms with Gasteiger partial charge in [-0.3, -0.25) is 9.59 Å². The predicted octanol–water partition coefficient (Wildman–Crippen LogP) is 3.41. The quantitative estimate of drug-likeness (QED) is 0.863. The largest absolute Gasteiger partial charge is 0.491 e. The summed E-state index contributed by atoms with van der Waals surface area (Å²) >= 11 is 0. The normalized spacial score (nSPS) is 18.0. The van der Waals surface area contributed by atoms with E-state index in [1.54, 1.807) is 24.0 Å². The summed E-state index contributed by atoms with van der Waals surface area (Å²) in [6.07, 6.45) is 3.02. The zero-order valence-corrected chi connectivity index (χ0v) is 15.9. The lowest BCUT2D eigenvalue weighted by Crippen LogP contribution is -2.25. The fourth-order valence-electron chi connectivity index (χ4n) is 3.70. The van der Waals surface area contributed by atoms with Gasteiger partial charge in [0.25, 0.3) is 5.91 Å². The van der Waals surface area contributed by atoms with E-state index in [1.165, 1.54) is 0 Å². The van der Waals surface area contributed by atoms with Crippen molar-refractivity contribution in [2.45, 2.75) is 32.3 Å². The third kappa shape index (κ3) is 4.02. The molecule has 1 fully saturated rings. The maximum absolute atomic E-state index is 12.6. The zero-order chi connectivity index (χ0) is 19.5. The van der Waals surface area contributed by atoms with Crippen LogP contribution in [0, 0.1) is 0 Å². The van der Waals surface area contributed by atoms with E-state index in [9.17, 15) is 9.59 Å². The molecule has 4 rings (SSSR count). The van der Waals surface area contributed by atoms with Crippen molar-refractivity contribution in [3.8, 4) is 5.75 Å². The molecule has 6 nitrogen and oxygen atoms in total. The fraction of sp³-hybridized carbons (Fsp3) is 0.364. The average molecular weight is 380 g/mol. The van der Waals surface area contributed by atoms with Crippen LogP contribution < -0.4 is 15.0 Å². The molecule has 0 aromatic heterocycles. The number of hydrogen-bond acceptors (Lipinski definition) is 4. The molecule has 28 heavy (non-hydrogen) atoms. The van der Waals surface area contributed by atoms with Crippen LogP contribution in [0.15, 0.2) is 42.5 Å². The summed E-state index contributed by atoms with van der Waals surface area (Å²) in [5, 5.41) is 2.93. The monoisotopic (exact) mass is 380 g/mol. The van der Waals surface area contributed by atoms with Crippen molar-refractivity contribution in [1.82, 2.24) is 0 Å². The average Bonchev–Trinajstić information content (AvgIpc) is 3.36. The number of ether oxygens (including phenoxy) is 2. The van der Waals surface area contributed by atoms with Crippen molar-refractivity contribution in [1.29, 1.82) is 0 Å². The van der Waals surface area contributed by atoms with Crippen LogP contribution in [0.1, 0.15) is 35.7 Å². The molecule has 1 atom stereocenters. The SMILES string of the molecule is CC(=O)N1CCc2cc(NC(=O)c3cccc(OCC4CCCO4)c3)ccc21. The minimum Gasteiger partial charge on any atom is -0.491 e. The van der Waals surface area contributed by atoms with Gasteiger partial charge in [-0.15, -0.1) is 0 Å². The van der Waals surface area contributed by atoms with Crippen molar-refractivity contribution in [3.05, 3.63) is 53.6 Å². The fourth-order valence-corrected chi connectivity index (χ4v) is 3.70. The molecule has 1 unspecified atom stereocenters. The third-order valence-electron chi connectivity index (χ3n) is 5.17. The summed E-state index contributed by atoms with van der Waals surface area (Å²) in [4.78, 5) is 26.1. The highest BCUT2D eigenvalue weighted by atomic mass is 16.5. The van der Waals surface area contributed by atoms with E-state index < -0.39 is 0 Å². The maximum atomic E-state index is 12.6. The van der Waals surface area contributed by atoms with E-state index in [2.05, 4.69) is 5.32 Å². The highest BCUT2D eigenvalue weighted by Gasteiger charge is 2.22. The van der Waals surface area contributed by atoms with Crippen molar-refractivity contribution < 1.29 is 19.1 Å². The van der Waals surface area contributed by atoms with Crippen LogP contribution in [0.25, 0.3) is 0 Å². The Morgan fingerprint density at radius 3 is 2.93 bits per heavy atom. The first-order valence-electron chi connectivity index (χ1n) is 9.67. The topological polar surface area (TPSA) is 67.9 Å². The third-order valence-corrected chi connectivity index (χ3v) is 5.17. The van der Waals surface area contributed by atoms with E-state index in [1.807, 2.05) is 30.3 Å². The number of anilines is 2. The van der Waals surface area contributed by atoms with Gasteiger partial charge in [-0.1, -0.05) is 6.07 Å². The lowest BCUT2D eigenvalue weighted by atomic mass is 10.1. The summed E-state index contributed by atoms with van der Waals surface area (Å²) in [7, 11) is 0. The molecule has 0 spiro atoms. The molecule has 0 saturated carbocycles. The van der Waals surface area contributed by atoms with Crippen molar-refractivity contribution >= 4 is 23.2 Å². The molecule has 1 saturated heterocycles. The van der Waals surface area contributed by atoms with E-state index in [0.29, 0.717) is 24.5 Å². The molecule has 2 aromatic carbocycles. The Morgan fingerprint density at radius 2 is 2.14 bits per heavy atom. The van der Waals surface area contributed by atoms with Crippen molar-refractivity contribution in [2.24, 2.45) is 0 Å². The summed E-state index contributed by atoms with van der Waals surface area (Å²) in [5.41, 5.74) is 3.26. The maximum Gasteiger partial charge on any atom is 0.255 e. The van der Waals surface area contributed by atoms with Gasteiger partial charge in [0.2, 0.25) is 5.91 Å². The van der Waals surface area contributed by atoms with Gasteiger partial charge in [0, 0.05) is 37.0 Å². The number of amides is 2. The highest BCUT2D eigenvalue weighted by molar-refractivity contribution is 6.05. The molecule has 0 aliphatic carbocycles. The van der Waals surface area contributed by atoms with Crippen LogP contribution in [0.5, 0.6) is 5.75 Å². The Morgan fingerprint density at radius 1 is 1.25 bits per heavy atom. The summed E-state index contributed by atoms with van der Waals surface area (Å²) < 4.78 is 11.3. The van der Waals surface area contributed by atoms with Gasteiger partial charge in [-0.05, 0) is 61.2 Å². The van der Waals surface area contributed by atoms with Gasteiger partial charge < -0.3 is 19.7 Å². The Balaban J connectivity index is 1.41. The molecule has 2 aliphatic heterocycles. The smallest absolute Gasteiger partial charge is 0.255 e. The lowest BCUT2D eigenvalue weighted by molar-refractivity contribution is -0.116. The molecular formula is C22H24N2O4. The molecule has 146 valence electrons. The Hall–Kier alpha value is -2.86. The standard InChI is InChI=1S/C22H24N2O4/c1-15(25)24-10-9-16-12-18(7-8-21(16)24)23-22(26)17-4-2-5-19(13-17)28-14-20-6-3-11-27-20/h2,4-5,7-8,12-13,20H,3,6,9-11,14H2,1H3,(H,23,26). The number of hydrogen-bond donors (Lipinski definition) is 1. The second-order valence-electron chi connectivity index (χ2n) is 7.19. The van der Waals surface area contributed by atoms with Crippen LogP contribution in [0.4, 0.5) is 11.4 Å². The van der Waals surface area contributed by atoms with Gasteiger partial charge in [-0.2, -0.15) is 0 Å². The van der Waals surface area contributed by atoms with Crippen molar-refractivity contribution in [2.75, 3.05) is 30.0 Å². The van der Waals surface area contributed by atoms with E-state index in [0.717, 1.165) is 42.8 Å². The molecule has 0 radical (unpaired) electrons. The highest BCUT2D eigenvalue weighted by Crippen LogP contribution is 2.30. The molecule has 6 heteroatoms. The van der Waals surface area contributed by atoms with E-state index in [4.69, 9.17) is 9.47 Å². The van der Waals surface area contributed by atoms with Crippen LogP contribution in [0.3, 0.4) is 0 Å². The summed E-state index contributed by atoms with van der Waals surface area (Å²) in [5.74, 6) is 0.508. The van der Waals surface area contributed by atoms with Crippen LogP contribution in [-0.4, -0.2) is 37.7 Å². The zero-order valence-electron chi connectivity index (χ0n) is 15.9. The summed E-state index contributed by atoms with van der Waals surface area (Å²) in [6.45, 7) is 3.55. The van der Waals surface area contributed by atoms with E-state index in [-0.39, 0.29) is 17.9 Å². The van der Waals surface area contributed by atoms with Crippen molar-refractivity contribution in [3.63, 3.8) is 0 Å². The molecule has 2 aliphatic rings. The number of benzene rings is 2. The first kappa shape index (κ1) is 18.5. The van der Waals surface area contributed by atoms with Gasteiger partial charge in [0.1, 0.15) is 12.4 Å². The van der Waals surface area contributed by atoms with Crippen LogP contribution >= 0.6 is 0 Å². The lowest BCUT2D eigenvalue weighted by Gasteiger charge is -2.15. The minimum absolute atomic E-state index is 0.0374. The second kappa shape index (κ2) is 8.02. The molecular weight excluding hydrogens is 356 g/mol. The molecule has 2 heterocycles. The Kier molecular flexibility index (Phi) is 5.30. The summed E-state index contributed by atoms with van der Waals surface area (Å²) in [6, 6.07) is 12.8. The van der Waals surface area contributed by atoms with Gasteiger partial charge in [-0.25, -0.2) is 0 Å². The van der Waals surface area contributed by atoms with Gasteiger partial charge in [0.05, 0.1) is 6.10 Å². The molecule has 0 bridgehead atoms. The van der Waals surface area contributed by atoms with Crippen LogP contribution in [-0.2, 0) is 16.0 Å². The second-order valence-corrected chi connectivity index (χ2v) is 7.19. The minimum atomic E-state index is -0.191. The molecule has 2 amide bonds. The van der Waals surface area contributed by atoms with Crippen LogP contribution in [0.2, 0.25) is 0 Å². The number of fused-ring (bicyclic) bond motifs is 1. The number of carbonyl (C=O) groups excluding carboxylic acids is 2. The number of rotatable bonds is 5. The first-order valence-corrected chi connectivity index (χ1v) is 9.67. The van der Waals surface area contributed by atoms with E-state index >= 15 is 0 Å². The number of nitrogens with one attached hydrogen (secondary N) is 1. The molecule has 2 aromatic rings. The Labute approximate surface area is 164 Å². The number of nitrogens with zero attached hydrogens (tertiary/aromatic N) is 1. The predicted molar refractivity (Wildman–Crippen MR) is 107 cm³/mol. The Bertz CT molecular complexity index is 890. The number of carbonyl (C=O) groups is 2. The van der Waals surface area contributed by atoms with Gasteiger partial charge in [0.15, 0.2) is 0 Å². The first-order chi connectivity index (χ1) is 13.6. The molecule has 1 N–H and O–H groups in total.